The van der Waals surface area contributed by atoms with Gasteiger partial charge in [0.1, 0.15) is 0 Å². The number of aryl methyl sites for hydroxylation is 1. The van der Waals surface area contributed by atoms with E-state index in [1.165, 1.54) is 25.1 Å². The maximum Gasteiger partial charge on any atom is 0.0883 e. The first kappa shape index (κ1) is 14.3. The number of nitrogens with zero attached hydrogens (tertiary/aromatic N) is 4. The number of hydrogen-bond donors (Lipinski definition) is 0. The van der Waals surface area contributed by atoms with Gasteiger partial charge in [-0.3, -0.25) is 9.67 Å². The molecular formula is C17H24N4. The van der Waals surface area contributed by atoms with Gasteiger partial charge in [-0.25, -0.2) is 0 Å². The SMILES string of the molecule is CCCn1nccc1-c1ccc(C[C@@H]2CCN(C)C2)cn1. The molecule has 0 aliphatic carbocycles. The molecule has 0 aromatic carbocycles. The fourth-order valence-corrected chi connectivity index (χ4v) is 3.16. The molecule has 4 nitrogen and oxygen atoms in total. The monoisotopic (exact) mass is 284 g/mol. The summed E-state index contributed by atoms with van der Waals surface area (Å²) < 4.78 is 2.04. The summed E-state index contributed by atoms with van der Waals surface area (Å²) in [5, 5.41) is 4.37. The summed E-state index contributed by atoms with van der Waals surface area (Å²) in [6.45, 7) is 5.55. The molecule has 0 bridgehead atoms. The zero-order valence-electron chi connectivity index (χ0n) is 13.0. The molecule has 3 heterocycles. The fraction of sp³-hybridized carbons (Fsp3) is 0.529. The molecule has 1 atom stereocenters. The summed E-state index contributed by atoms with van der Waals surface area (Å²) in [5.41, 5.74) is 3.48. The van der Waals surface area contributed by atoms with Crippen LogP contribution < -0.4 is 0 Å². The van der Waals surface area contributed by atoms with Crippen molar-refractivity contribution in [1.29, 1.82) is 0 Å². The molecule has 3 rings (SSSR count). The van der Waals surface area contributed by atoms with Crippen molar-refractivity contribution in [3.63, 3.8) is 0 Å². The van der Waals surface area contributed by atoms with Crippen molar-refractivity contribution in [2.24, 2.45) is 5.92 Å². The van der Waals surface area contributed by atoms with E-state index in [-0.39, 0.29) is 0 Å². The van der Waals surface area contributed by atoms with E-state index in [0.29, 0.717) is 0 Å². The van der Waals surface area contributed by atoms with Gasteiger partial charge in [0.15, 0.2) is 0 Å². The lowest BCUT2D eigenvalue weighted by molar-refractivity contribution is 0.394. The van der Waals surface area contributed by atoms with Crippen molar-refractivity contribution < 1.29 is 0 Å². The molecule has 2 aromatic heterocycles. The lowest BCUT2D eigenvalue weighted by atomic mass is 10.00. The molecule has 1 aliphatic rings. The van der Waals surface area contributed by atoms with Crippen molar-refractivity contribution in [2.45, 2.75) is 32.7 Å². The first-order valence-electron chi connectivity index (χ1n) is 7.92. The van der Waals surface area contributed by atoms with E-state index in [1.54, 1.807) is 0 Å². The van der Waals surface area contributed by atoms with E-state index in [9.17, 15) is 0 Å². The van der Waals surface area contributed by atoms with Crippen LogP contribution in [0, 0.1) is 5.92 Å². The fourth-order valence-electron chi connectivity index (χ4n) is 3.16. The summed E-state index contributed by atoms with van der Waals surface area (Å²) in [5.74, 6) is 0.785. The average molecular weight is 284 g/mol. The van der Waals surface area contributed by atoms with Crippen molar-refractivity contribution in [3.8, 4) is 11.4 Å². The number of aromatic nitrogens is 3. The van der Waals surface area contributed by atoms with Crippen LogP contribution in [0.2, 0.25) is 0 Å². The Bertz CT molecular complexity index is 573. The van der Waals surface area contributed by atoms with Crippen LogP contribution in [0.5, 0.6) is 0 Å². The Morgan fingerprint density at radius 3 is 2.86 bits per heavy atom. The van der Waals surface area contributed by atoms with Gasteiger partial charge in [0, 0.05) is 25.5 Å². The van der Waals surface area contributed by atoms with Crippen LogP contribution in [0.15, 0.2) is 30.6 Å². The number of likely N-dealkylation sites (tertiary alicyclic amines) is 1. The van der Waals surface area contributed by atoms with Gasteiger partial charge in [0.25, 0.3) is 0 Å². The van der Waals surface area contributed by atoms with Crippen LogP contribution in [-0.2, 0) is 13.0 Å². The van der Waals surface area contributed by atoms with Gasteiger partial charge in [-0.15, -0.1) is 0 Å². The maximum atomic E-state index is 4.65. The van der Waals surface area contributed by atoms with Crippen LogP contribution in [0.3, 0.4) is 0 Å². The van der Waals surface area contributed by atoms with E-state index >= 15 is 0 Å². The Morgan fingerprint density at radius 2 is 2.19 bits per heavy atom. The van der Waals surface area contributed by atoms with E-state index in [1.807, 2.05) is 23.1 Å². The van der Waals surface area contributed by atoms with Gasteiger partial charge in [-0.05, 0) is 56.5 Å². The van der Waals surface area contributed by atoms with Crippen LogP contribution in [0.1, 0.15) is 25.3 Å². The molecule has 0 saturated carbocycles. The van der Waals surface area contributed by atoms with Crippen molar-refractivity contribution >= 4 is 0 Å². The summed E-state index contributed by atoms with van der Waals surface area (Å²) >= 11 is 0. The minimum Gasteiger partial charge on any atom is -0.306 e. The second-order valence-corrected chi connectivity index (χ2v) is 6.11. The topological polar surface area (TPSA) is 34.0 Å². The number of rotatable bonds is 5. The highest BCUT2D eigenvalue weighted by molar-refractivity contribution is 5.54. The van der Waals surface area contributed by atoms with Crippen LogP contribution in [-0.4, -0.2) is 39.8 Å². The molecule has 4 heteroatoms. The predicted octanol–water partition coefficient (Wildman–Crippen LogP) is 2.85. The molecule has 112 valence electrons. The zero-order chi connectivity index (χ0) is 14.7. The standard InChI is InChI=1S/C17H24N4/c1-3-9-21-17(6-8-19-21)16-5-4-14(12-18-16)11-15-7-10-20(2)13-15/h4-6,8,12,15H,3,7,9-11,13H2,1-2H3/t15-/m0/s1. The number of pyridine rings is 1. The molecule has 21 heavy (non-hydrogen) atoms. The third-order valence-corrected chi connectivity index (χ3v) is 4.25. The van der Waals surface area contributed by atoms with E-state index in [0.717, 1.165) is 36.7 Å². The Hall–Kier alpha value is -1.68. The zero-order valence-corrected chi connectivity index (χ0v) is 13.0. The lowest BCUT2D eigenvalue weighted by Crippen LogP contribution is -2.15. The second-order valence-electron chi connectivity index (χ2n) is 6.11. The summed E-state index contributed by atoms with van der Waals surface area (Å²) in [4.78, 5) is 7.06. The van der Waals surface area contributed by atoms with E-state index in [2.05, 4.69) is 41.1 Å². The van der Waals surface area contributed by atoms with E-state index in [4.69, 9.17) is 0 Å². The average Bonchev–Trinajstić information content (AvgIpc) is 3.10. The highest BCUT2D eigenvalue weighted by Crippen LogP contribution is 2.21. The smallest absolute Gasteiger partial charge is 0.0883 e. The predicted molar refractivity (Wildman–Crippen MR) is 85.1 cm³/mol. The molecule has 1 fully saturated rings. The number of hydrogen-bond acceptors (Lipinski definition) is 3. The minimum absolute atomic E-state index is 0.785. The summed E-state index contributed by atoms with van der Waals surface area (Å²) in [7, 11) is 2.20. The second kappa shape index (κ2) is 6.39. The Morgan fingerprint density at radius 1 is 1.29 bits per heavy atom. The Kier molecular flexibility index (Phi) is 4.34. The van der Waals surface area contributed by atoms with Crippen molar-refractivity contribution in [1.82, 2.24) is 19.7 Å². The summed E-state index contributed by atoms with van der Waals surface area (Å²) in [6.07, 6.45) is 7.43. The molecule has 2 aromatic rings. The molecular weight excluding hydrogens is 260 g/mol. The van der Waals surface area contributed by atoms with Gasteiger partial charge < -0.3 is 4.90 Å². The molecule has 0 spiro atoms. The van der Waals surface area contributed by atoms with E-state index < -0.39 is 0 Å². The van der Waals surface area contributed by atoms with Gasteiger partial charge in [-0.1, -0.05) is 13.0 Å². The van der Waals surface area contributed by atoms with Crippen LogP contribution in [0.4, 0.5) is 0 Å². The molecule has 1 aliphatic heterocycles. The van der Waals surface area contributed by atoms with Crippen LogP contribution in [0.25, 0.3) is 11.4 Å². The normalized spacial score (nSPS) is 19.2. The molecule has 0 N–H and O–H groups in total. The van der Waals surface area contributed by atoms with Gasteiger partial charge in [-0.2, -0.15) is 5.10 Å². The quantitative estimate of drug-likeness (QED) is 0.846. The van der Waals surface area contributed by atoms with Crippen molar-refractivity contribution in [3.05, 3.63) is 36.2 Å². The van der Waals surface area contributed by atoms with Gasteiger partial charge in [0.2, 0.25) is 0 Å². The maximum absolute atomic E-state index is 4.65. The Labute approximate surface area is 126 Å². The Balaban J connectivity index is 1.70. The van der Waals surface area contributed by atoms with Gasteiger partial charge in [0.05, 0.1) is 11.4 Å². The third kappa shape index (κ3) is 3.32. The molecule has 0 unspecified atom stereocenters. The van der Waals surface area contributed by atoms with Crippen LogP contribution >= 0.6 is 0 Å². The summed E-state index contributed by atoms with van der Waals surface area (Å²) in [6, 6.07) is 6.41. The minimum atomic E-state index is 0.785. The first-order chi connectivity index (χ1) is 10.3. The molecule has 1 saturated heterocycles. The van der Waals surface area contributed by atoms with Gasteiger partial charge >= 0.3 is 0 Å². The largest absolute Gasteiger partial charge is 0.306 e. The third-order valence-electron chi connectivity index (χ3n) is 4.25. The highest BCUT2D eigenvalue weighted by Gasteiger charge is 2.19. The first-order valence-corrected chi connectivity index (χ1v) is 7.92. The van der Waals surface area contributed by atoms with Crippen molar-refractivity contribution in [2.75, 3.05) is 20.1 Å². The molecule has 0 amide bonds. The highest BCUT2D eigenvalue weighted by atomic mass is 15.3. The molecule has 0 radical (unpaired) electrons. The lowest BCUT2D eigenvalue weighted by Gasteiger charge is -2.11.